The van der Waals surface area contributed by atoms with Gasteiger partial charge in [-0.05, 0) is 35.2 Å². The fourth-order valence-electron chi connectivity index (χ4n) is 4.20. The highest BCUT2D eigenvalue weighted by atomic mass is 32.1. The van der Waals surface area contributed by atoms with Gasteiger partial charge in [-0.1, -0.05) is 26.8 Å². The summed E-state index contributed by atoms with van der Waals surface area (Å²) in [5.41, 5.74) is 7.49. The van der Waals surface area contributed by atoms with Gasteiger partial charge >= 0.3 is 6.09 Å². The summed E-state index contributed by atoms with van der Waals surface area (Å²) in [6.07, 6.45) is 2.35. The largest absolute Gasteiger partial charge is 0.465 e. The first-order chi connectivity index (χ1) is 17.6. The Bertz CT molecular complexity index is 1400. The van der Waals surface area contributed by atoms with E-state index in [1.807, 2.05) is 39.0 Å². The molecule has 37 heavy (non-hydrogen) atoms. The Hall–Kier alpha value is -3.76. The molecule has 0 saturated heterocycles. The summed E-state index contributed by atoms with van der Waals surface area (Å²) >= 11 is 1.46. The molecule has 10 heteroatoms. The number of ether oxygens (including phenoxy) is 2. The molecule has 4 rings (SSSR count). The van der Waals surface area contributed by atoms with Crippen molar-refractivity contribution in [3.63, 3.8) is 0 Å². The van der Waals surface area contributed by atoms with Crippen LogP contribution in [0.3, 0.4) is 0 Å². The van der Waals surface area contributed by atoms with Crippen molar-refractivity contribution in [1.29, 1.82) is 0 Å². The maximum atomic E-state index is 13.9. The maximum absolute atomic E-state index is 13.9. The first-order valence-corrected chi connectivity index (χ1v) is 12.5. The zero-order valence-corrected chi connectivity index (χ0v) is 21.9. The zero-order valence-electron chi connectivity index (χ0n) is 21.1. The van der Waals surface area contributed by atoms with Crippen LogP contribution in [0, 0.1) is 11.2 Å². The lowest BCUT2D eigenvalue weighted by atomic mass is 9.81. The number of nitrogens with two attached hydrogens (primary N) is 1. The third-order valence-electron chi connectivity index (χ3n) is 5.84. The second kappa shape index (κ2) is 10.7. The van der Waals surface area contributed by atoms with E-state index in [2.05, 4.69) is 9.97 Å². The highest BCUT2D eigenvalue weighted by Gasteiger charge is 2.35. The summed E-state index contributed by atoms with van der Waals surface area (Å²) < 4.78 is 25.7. The van der Waals surface area contributed by atoms with E-state index < -0.39 is 18.0 Å². The van der Waals surface area contributed by atoms with Gasteiger partial charge in [-0.3, -0.25) is 14.9 Å². The van der Waals surface area contributed by atoms with Gasteiger partial charge in [0.2, 0.25) is 0 Å². The molecule has 3 heterocycles. The molecule has 8 nitrogen and oxygen atoms in total. The molecule has 194 valence electrons. The fraction of sp³-hybridized carbons (Fsp3) is 0.296. The van der Waals surface area contributed by atoms with Gasteiger partial charge in [0, 0.05) is 38.2 Å². The molecule has 0 aliphatic rings. The molecule has 0 aliphatic carbocycles. The van der Waals surface area contributed by atoms with Crippen LogP contribution in [0.4, 0.5) is 14.9 Å². The van der Waals surface area contributed by atoms with E-state index in [0.29, 0.717) is 18.1 Å². The lowest BCUT2D eigenvalue weighted by molar-refractivity contribution is 0.0612. The standard InChI is InChI=1S/C27H29FN4O4S/c1-27(2,3)25(32(26(33)34)11-12-35-4)16-5-8-20(31-15-16)23-14-21-24(37-23)22(9-10-30-21)36-17-6-7-19(29)18(28)13-17/h5-10,13-15,25H,11-12,29H2,1-4H3,(H,33,34). The number of hydrogen-bond acceptors (Lipinski definition) is 7. The first kappa shape index (κ1) is 26.3. The predicted octanol–water partition coefficient (Wildman–Crippen LogP) is 6.59. The number of fused-ring (bicyclic) bond motifs is 1. The average Bonchev–Trinajstić information content (AvgIpc) is 3.29. The first-order valence-electron chi connectivity index (χ1n) is 11.6. The van der Waals surface area contributed by atoms with Crippen molar-refractivity contribution in [1.82, 2.24) is 14.9 Å². The van der Waals surface area contributed by atoms with Crippen molar-refractivity contribution in [2.75, 3.05) is 26.0 Å². The second-order valence-electron chi connectivity index (χ2n) is 9.63. The van der Waals surface area contributed by atoms with Crippen molar-refractivity contribution >= 4 is 33.3 Å². The summed E-state index contributed by atoms with van der Waals surface area (Å²) in [6.45, 7) is 6.55. The number of methoxy groups -OCH3 is 1. The van der Waals surface area contributed by atoms with Crippen molar-refractivity contribution in [3.05, 3.63) is 66.2 Å². The number of thiophene rings is 1. The topological polar surface area (TPSA) is 111 Å². The van der Waals surface area contributed by atoms with Gasteiger partial charge in [-0.2, -0.15) is 0 Å². The average molecular weight is 525 g/mol. The van der Waals surface area contributed by atoms with Gasteiger partial charge in [-0.25, -0.2) is 9.18 Å². The van der Waals surface area contributed by atoms with Crippen molar-refractivity contribution in [2.24, 2.45) is 5.41 Å². The Balaban J connectivity index is 1.65. The number of pyridine rings is 2. The van der Waals surface area contributed by atoms with Crippen molar-refractivity contribution in [3.8, 4) is 22.1 Å². The lowest BCUT2D eigenvalue weighted by Gasteiger charge is -2.38. The van der Waals surface area contributed by atoms with E-state index in [1.54, 1.807) is 31.6 Å². The number of carbonyl (C=O) groups is 1. The normalized spacial score (nSPS) is 12.5. The molecule has 0 aliphatic heterocycles. The SMILES string of the molecule is COCCN(C(=O)O)C(c1ccc(-c2cc3nccc(Oc4ccc(N)c(F)c4)c3s2)nc1)C(C)(C)C. The Morgan fingerprint density at radius 3 is 2.59 bits per heavy atom. The quantitative estimate of drug-likeness (QED) is 0.250. The Kier molecular flexibility index (Phi) is 7.60. The van der Waals surface area contributed by atoms with Crippen LogP contribution in [0.2, 0.25) is 0 Å². The summed E-state index contributed by atoms with van der Waals surface area (Å²) in [6, 6.07) is 11.3. The summed E-state index contributed by atoms with van der Waals surface area (Å²) in [5, 5.41) is 9.87. The molecule has 1 aromatic carbocycles. The summed E-state index contributed by atoms with van der Waals surface area (Å²) in [5.74, 6) is 0.336. The molecular weight excluding hydrogens is 495 g/mol. The molecule has 0 spiro atoms. The number of anilines is 1. The molecule has 1 amide bonds. The zero-order chi connectivity index (χ0) is 26.7. The molecule has 1 unspecified atom stereocenters. The number of halogens is 1. The van der Waals surface area contributed by atoms with Crippen LogP contribution in [0.5, 0.6) is 11.5 Å². The number of rotatable bonds is 8. The molecule has 0 fully saturated rings. The van der Waals surface area contributed by atoms with Crippen LogP contribution in [0.25, 0.3) is 20.8 Å². The van der Waals surface area contributed by atoms with Gasteiger partial charge in [-0.15, -0.1) is 11.3 Å². The van der Waals surface area contributed by atoms with E-state index in [1.165, 1.54) is 28.4 Å². The minimum atomic E-state index is -1.01. The second-order valence-corrected chi connectivity index (χ2v) is 10.7. The van der Waals surface area contributed by atoms with Crippen molar-refractivity contribution < 1.29 is 23.8 Å². The lowest BCUT2D eigenvalue weighted by Crippen LogP contribution is -2.42. The molecule has 0 radical (unpaired) electrons. The van der Waals surface area contributed by atoms with Crippen LogP contribution in [-0.4, -0.2) is 46.3 Å². The van der Waals surface area contributed by atoms with E-state index in [0.717, 1.165) is 26.4 Å². The van der Waals surface area contributed by atoms with E-state index >= 15 is 0 Å². The predicted molar refractivity (Wildman–Crippen MR) is 143 cm³/mol. The number of amides is 1. The van der Waals surface area contributed by atoms with Crippen LogP contribution in [0.1, 0.15) is 32.4 Å². The highest BCUT2D eigenvalue weighted by molar-refractivity contribution is 7.22. The van der Waals surface area contributed by atoms with Crippen LogP contribution in [0.15, 0.2) is 54.9 Å². The molecule has 3 aromatic heterocycles. The molecule has 4 aromatic rings. The van der Waals surface area contributed by atoms with Gasteiger partial charge < -0.3 is 20.3 Å². The van der Waals surface area contributed by atoms with Gasteiger partial charge in [0.05, 0.1) is 39.1 Å². The third-order valence-corrected chi connectivity index (χ3v) is 7.01. The van der Waals surface area contributed by atoms with Gasteiger partial charge in [0.25, 0.3) is 0 Å². The number of nitrogen functional groups attached to an aromatic ring is 1. The van der Waals surface area contributed by atoms with Gasteiger partial charge in [0.15, 0.2) is 0 Å². The van der Waals surface area contributed by atoms with E-state index in [9.17, 15) is 14.3 Å². The van der Waals surface area contributed by atoms with Crippen LogP contribution < -0.4 is 10.5 Å². The number of hydrogen-bond donors (Lipinski definition) is 2. The Labute approximate surface area is 218 Å². The monoisotopic (exact) mass is 524 g/mol. The molecule has 0 bridgehead atoms. The summed E-state index contributed by atoms with van der Waals surface area (Å²) in [7, 11) is 1.55. The Morgan fingerprint density at radius 2 is 1.97 bits per heavy atom. The number of nitrogens with zero attached hydrogens (tertiary/aromatic N) is 3. The highest BCUT2D eigenvalue weighted by Crippen LogP contribution is 2.41. The van der Waals surface area contributed by atoms with Crippen LogP contribution >= 0.6 is 11.3 Å². The van der Waals surface area contributed by atoms with Crippen molar-refractivity contribution in [2.45, 2.75) is 26.8 Å². The van der Waals surface area contributed by atoms with E-state index in [4.69, 9.17) is 15.2 Å². The fourth-order valence-corrected chi connectivity index (χ4v) is 5.25. The molecular formula is C27H29FN4O4S. The minimum Gasteiger partial charge on any atom is -0.465 e. The number of aromatic nitrogens is 2. The maximum Gasteiger partial charge on any atom is 0.407 e. The Morgan fingerprint density at radius 1 is 1.19 bits per heavy atom. The smallest absolute Gasteiger partial charge is 0.407 e. The third kappa shape index (κ3) is 5.81. The van der Waals surface area contributed by atoms with E-state index in [-0.39, 0.29) is 17.6 Å². The number of benzene rings is 1. The van der Waals surface area contributed by atoms with Crippen LogP contribution in [-0.2, 0) is 4.74 Å². The van der Waals surface area contributed by atoms with Gasteiger partial charge in [0.1, 0.15) is 17.3 Å². The summed E-state index contributed by atoms with van der Waals surface area (Å²) in [4.78, 5) is 23.4. The number of carboxylic acid groups (broad SMARTS) is 1. The molecule has 3 N–H and O–H groups in total. The molecule has 1 atom stereocenters. The minimum absolute atomic E-state index is 0.0547. The molecule has 0 saturated carbocycles.